The molecule has 0 amide bonds. The highest BCUT2D eigenvalue weighted by molar-refractivity contribution is 5.90. The first-order chi connectivity index (χ1) is 19.0. The molecule has 5 heteroatoms. The molecule has 0 bridgehead atoms. The van der Waals surface area contributed by atoms with Crippen LogP contribution in [0.15, 0.2) is 54.6 Å². The first-order valence-corrected chi connectivity index (χ1v) is 15.0. The van der Waals surface area contributed by atoms with E-state index in [4.69, 9.17) is 14.2 Å². The molecule has 1 unspecified atom stereocenters. The largest absolute Gasteiger partial charge is 0.494 e. The molecule has 39 heavy (non-hydrogen) atoms. The third-order valence-electron chi connectivity index (χ3n) is 6.64. The molecule has 0 spiro atoms. The molecule has 1 atom stereocenters. The van der Waals surface area contributed by atoms with Gasteiger partial charge in [-0.3, -0.25) is 0 Å². The molecule has 0 heterocycles. The van der Waals surface area contributed by atoms with Crippen LogP contribution in [0.5, 0.6) is 11.5 Å². The minimum absolute atomic E-state index is 0.118. The Bertz CT molecular complexity index is 962. The topological polar surface area (TPSA) is 61.8 Å². The van der Waals surface area contributed by atoms with Gasteiger partial charge in [-0.2, -0.15) is 0 Å². The molecular formula is C34H48O5. The number of benzene rings is 2. The number of rotatable bonds is 20. The van der Waals surface area contributed by atoms with E-state index in [1.807, 2.05) is 31.2 Å². The van der Waals surface area contributed by atoms with Gasteiger partial charge in [0.2, 0.25) is 0 Å². The average molecular weight is 537 g/mol. The summed E-state index contributed by atoms with van der Waals surface area (Å²) in [4.78, 5) is 24.6. The number of unbranched alkanes of at least 4 members (excludes halogenated alkanes) is 10. The molecule has 214 valence electrons. The lowest BCUT2D eigenvalue weighted by Crippen LogP contribution is -2.15. The van der Waals surface area contributed by atoms with Crippen molar-refractivity contribution in [3.63, 3.8) is 0 Å². The Hall–Kier alpha value is -3.08. The van der Waals surface area contributed by atoms with Gasteiger partial charge in [0.25, 0.3) is 0 Å². The highest BCUT2D eigenvalue weighted by Gasteiger charge is 2.12. The predicted molar refractivity (Wildman–Crippen MR) is 159 cm³/mol. The lowest BCUT2D eigenvalue weighted by Gasteiger charge is -2.13. The molecule has 2 aromatic rings. The molecule has 5 nitrogen and oxygen atoms in total. The van der Waals surface area contributed by atoms with Gasteiger partial charge in [0, 0.05) is 6.08 Å². The van der Waals surface area contributed by atoms with E-state index in [1.54, 1.807) is 30.3 Å². The van der Waals surface area contributed by atoms with Gasteiger partial charge in [-0.05, 0) is 74.2 Å². The summed E-state index contributed by atoms with van der Waals surface area (Å²) in [5, 5.41) is 0. The lowest BCUT2D eigenvalue weighted by atomic mass is 10.1. The van der Waals surface area contributed by atoms with E-state index in [0.717, 1.165) is 43.6 Å². The minimum atomic E-state index is -0.485. The van der Waals surface area contributed by atoms with E-state index in [-0.39, 0.29) is 12.1 Å². The summed E-state index contributed by atoms with van der Waals surface area (Å²) in [6.07, 6.45) is 18.7. The van der Waals surface area contributed by atoms with Crippen molar-refractivity contribution >= 4 is 18.0 Å². The Morgan fingerprint density at radius 1 is 0.718 bits per heavy atom. The molecule has 0 radical (unpaired) electrons. The Kier molecular flexibility index (Phi) is 16.4. The molecule has 0 aliphatic rings. The van der Waals surface area contributed by atoms with Crippen molar-refractivity contribution in [2.75, 3.05) is 6.61 Å². The molecule has 0 aliphatic heterocycles. The molecule has 0 aliphatic carbocycles. The second-order valence-electron chi connectivity index (χ2n) is 10.2. The predicted octanol–water partition coefficient (Wildman–Crippen LogP) is 9.34. The molecule has 0 saturated carbocycles. The fourth-order valence-corrected chi connectivity index (χ4v) is 4.24. The Labute approximate surface area is 235 Å². The molecule has 2 rings (SSSR count). The fraction of sp³-hybridized carbons (Fsp3) is 0.529. The molecule has 0 fully saturated rings. The van der Waals surface area contributed by atoms with Crippen LogP contribution in [-0.4, -0.2) is 24.6 Å². The van der Waals surface area contributed by atoms with Crippen molar-refractivity contribution in [2.45, 2.75) is 110 Å². The maximum Gasteiger partial charge on any atom is 0.338 e. The van der Waals surface area contributed by atoms with Gasteiger partial charge in [-0.25, -0.2) is 9.59 Å². The fourth-order valence-electron chi connectivity index (χ4n) is 4.24. The molecule has 0 saturated heterocycles. The van der Waals surface area contributed by atoms with Gasteiger partial charge in [0.05, 0.1) is 18.3 Å². The summed E-state index contributed by atoms with van der Waals surface area (Å²) < 4.78 is 16.7. The first-order valence-electron chi connectivity index (χ1n) is 15.0. The van der Waals surface area contributed by atoms with Gasteiger partial charge in [-0.15, -0.1) is 0 Å². The van der Waals surface area contributed by atoms with E-state index in [0.29, 0.717) is 11.3 Å². The van der Waals surface area contributed by atoms with E-state index in [2.05, 4.69) is 13.8 Å². The summed E-state index contributed by atoms with van der Waals surface area (Å²) in [6, 6.07) is 14.1. The van der Waals surface area contributed by atoms with Crippen LogP contribution in [0.1, 0.15) is 120 Å². The van der Waals surface area contributed by atoms with Crippen molar-refractivity contribution in [3.8, 4) is 11.5 Å². The van der Waals surface area contributed by atoms with Crippen molar-refractivity contribution in [2.24, 2.45) is 0 Å². The average Bonchev–Trinajstić information content (AvgIpc) is 2.94. The standard InChI is InChI=1S/C34H48O5/c1-4-6-8-10-11-12-13-15-27-37-31-22-17-29(18-23-31)19-26-33(35)39-32-24-20-30(21-25-32)34(36)38-28(3)16-14-9-7-5-2/h17-26,28H,4-16,27H2,1-3H3/b26-19+. The van der Waals surface area contributed by atoms with Crippen LogP contribution >= 0.6 is 0 Å². The second-order valence-corrected chi connectivity index (χ2v) is 10.2. The van der Waals surface area contributed by atoms with E-state index in [9.17, 15) is 9.59 Å². The summed E-state index contributed by atoms with van der Waals surface area (Å²) in [5.74, 6) is 0.364. The van der Waals surface area contributed by atoms with Gasteiger partial charge >= 0.3 is 11.9 Å². The van der Waals surface area contributed by atoms with Gasteiger partial charge in [0.15, 0.2) is 0 Å². The number of carbonyl (C=O) groups is 2. The van der Waals surface area contributed by atoms with Gasteiger partial charge in [-0.1, -0.05) is 90.2 Å². The second kappa shape index (κ2) is 19.9. The number of carbonyl (C=O) groups excluding carboxylic acids is 2. The van der Waals surface area contributed by atoms with Gasteiger partial charge < -0.3 is 14.2 Å². The summed E-state index contributed by atoms with van der Waals surface area (Å²) in [7, 11) is 0. The normalized spacial score (nSPS) is 11.9. The van der Waals surface area contributed by atoms with Crippen LogP contribution < -0.4 is 9.47 Å². The van der Waals surface area contributed by atoms with E-state index < -0.39 is 5.97 Å². The number of hydrogen-bond donors (Lipinski definition) is 0. The minimum Gasteiger partial charge on any atom is -0.494 e. The first kappa shape index (κ1) is 32.1. The molecule has 0 N–H and O–H groups in total. The van der Waals surface area contributed by atoms with Crippen molar-refractivity contribution in [1.29, 1.82) is 0 Å². The lowest BCUT2D eigenvalue weighted by molar-refractivity contribution is -0.128. The zero-order valence-electron chi connectivity index (χ0n) is 24.3. The third-order valence-corrected chi connectivity index (χ3v) is 6.64. The summed E-state index contributed by atoms with van der Waals surface area (Å²) >= 11 is 0. The highest BCUT2D eigenvalue weighted by Crippen LogP contribution is 2.17. The zero-order valence-corrected chi connectivity index (χ0v) is 24.3. The van der Waals surface area contributed by atoms with E-state index in [1.165, 1.54) is 63.9 Å². The summed E-state index contributed by atoms with van der Waals surface area (Å²) in [5.41, 5.74) is 1.32. The van der Waals surface area contributed by atoms with Crippen LogP contribution in [0.2, 0.25) is 0 Å². The number of ether oxygens (including phenoxy) is 3. The zero-order chi connectivity index (χ0) is 28.1. The van der Waals surface area contributed by atoms with Crippen LogP contribution in [0.4, 0.5) is 0 Å². The smallest absolute Gasteiger partial charge is 0.338 e. The maximum absolute atomic E-state index is 12.4. The quantitative estimate of drug-likeness (QED) is 0.0730. The SMILES string of the molecule is CCCCCCCCCCOc1ccc(/C=C/C(=O)Oc2ccc(C(=O)OC(C)CCCCCC)cc2)cc1. The highest BCUT2D eigenvalue weighted by atomic mass is 16.5. The van der Waals surface area contributed by atoms with E-state index >= 15 is 0 Å². The van der Waals surface area contributed by atoms with Crippen LogP contribution in [0.3, 0.4) is 0 Å². The van der Waals surface area contributed by atoms with Crippen LogP contribution in [-0.2, 0) is 9.53 Å². The Morgan fingerprint density at radius 3 is 1.92 bits per heavy atom. The van der Waals surface area contributed by atoms with Crippen molar-refractivity contribution < 1.29 is 23.8 Å². The number of hydrogen-bond acceptors (Lipinski definition) is 5. The summed E-state index contributed by atoms with van der Waals surface area (Å²) in [6.45, 7) is 7.07. The monoisotopic (exact) mass is 536 g/mol. The Morgan fingerprint density at radius 2 is 1.28 bits per heavy atom. The van der Waals surface area contributed by atoms with Crippen molar-refractivity contribution in [1.82, 2.24) is 0 Å². The third kappa shape index (κ3) is 14.6. The maximum atomic E-state index is 12.4. The van der Waals surface area contributed by atoms with Crippen LogP contribution in [0, 0.1) is 0 Å². The Balaban J connectivity index is 1.67. The molecule has 0 aromatic heterocycles. The van der Waals surface area contributed by atoms with Crippen molar-refractivity contribution in [3.05, 3.63) is 65.7 Å². The van der Waals surface area contributed by atoms with Crippen LogP contribution in [0.25, 0.3) is 6.08 Å². The number of esters is 2. The van der Waals surface area contributed by atoms with Gasteiger partial charge in [0.1, 0.15) is 11.5 Å². The molecular weight excluding hydrogens is 488 g/mol. The molecule has 2 aromatic carbocycles.